The molecule has 0 aliphatic rings. The van der Waals surface area contributed by atoms with Crippen molar-refractivity contribution in [1.29, 1.82) is 0 Å². The Morgan fingerprint density at radius 2 is 1.79 bits per heavy atom. The predicted molar refractivity (Wildman–Crippen MR) is 102 cm³/mol. The molecule has 0 radical (unpaired) electrons. The SMILES string of the molecule is CC.COCC(=S)Nc1c(N)c(Cl)cc2nc(OC)c(OC)nc12. The van der Waals surface area contributed by atoms with Crippen molar-refractivity contribution in [3.05, 3.63) is 11.1 Å². The zero-order valence-corrected chi connectivity index (χ0v) is 15.8. The summed E-state index contributed by atoms with van der Waals surface area (Å²) in [6.07, 6.45) is 0. The predicted octanol–water partition coefficient (Wildman–Crippen LogP) is 3.29. The second kappa shape index (κ2) is 9.41. The monoisotopic (exact) mass is 372 g/mol. The largest absolute Gasteiger partial charge is 0.477 e. The van der Waals surface area contributed by atoms with Crippen molar-refractivity contribution in [3.8, 4) is 11.8 Å². The number of nitrogens with zero attached hydrogens (tertiary/aromatic N) is 2. The van der Waals surface area contributed by atoms with E-state index < -0.39 is 0 Å². The number of rotatable bonds is 5. The number of thiocarbonyl (C=S) groups is 1. The van der Waals surface area contributed by atoms with Crippen LogP contribution in [0.3, 0.4) is 0 Å². The summed E-state index contributed by atoms with van der Waals surface area (Å²) in [5.41, 5.74) is 7.76. The number of ether oxygens (including phenoxy) is 3. The molecule has 0 amide bonds. The standard InChI is InChI=1S/C13H15ClN4O3S.C2H6/c1-19-5-8(22)17-11-9(15)6(14)4-7-10(11)18-13(21-3)12(16-7)20-2;1-2/h4H,5,15H2,1-3H3,(H,17,22);1-2H3. The van der Waals surface area contributed by atoms with Crippen LogP contribution in [0.15, 0.2) is 6.07 Å². The quantitative estimate of drug-likeness (QED) is 0.610. The van der Waals surface area contributed by atoms with Gasteiger partial charge in [-0.1, -0.05) is 37.7 Å². The fraction of sp³-hybridized carbons (Fsp3) is 0.400. The van der Waals surface area contributed by atoms with Gasteiger partial charge in [-0.25, -0.2) is 9.97 Å². The highest BCUT2D eigenvalue weighted by Crippen LogP contribution is 2.37. The van der Waals surface area contributed by atoms with Crippen molar-refractivity contribution < 1.29 is 14.2 Å². The highest BCUT2D eigenvalue weighted by molar-refractivity contribution is 7.80. The summed E-state index contributed by atoms with van der Waals surface area (Å²) in [5, 5.41) is 3.31. The molecular formula is C15H21ClN4O3S. The number of halogens is 1. The Kier molecular flexibility index (Phi) is 7.90. The van der Waals surface area contributed by atoms with Gasteiger partial charge in [-0.05, 0) is 6.07 Å². The molecule has 1 heterocycles. The van der Waals surface area contributed by atoms with Crippen molar-refractivity contribution in [1.82, 2.24) is 9.97 Å². The van der Waals surface area contributed by atoms with Gasteiger partial charge < -0.3 is 25.3 Å². The lowest BCUT2D eigenvalue weighted by molar-refractivity contribution is 0.247. The third-order valence-corrected chi connectivity index (χ3v) is 3.35. The number of fused-ring (bicyclic) bond motifs is 1. The van der Waals surface area contributed by atoms with Crippen LogP contribution in [0.1, 0.15) is 13.8 Å². The van der Waals surface area contributed by atoms with E-state index in [-0.39, 0.29) is 18.4 Å². The van der Waals surface area contributed by atoms with E-state index in [2.05, 4.69) is 15.3 Å². The minimum atomic E-state index is 0.234. The van der Waals surface area contributed by atoms with Crippen LogP contribution in [0, 0.1) is 0 Å². The Morgan fingerprint density at radius 3 is 2.33 bits per heavy atom. The summed E-state index contributed by atoms with van der Waals surface area (Å²) < 4.78 is 15.3. The van der Waals surface area contributed by atoms with Crippen molar-refractivity contribution in [2.45, 2.75) is 13.8 Å². The van der Waals surface area contributed by atoms with Gasteiger partial charge in [-0.3, -0.25) is 0 Å². The number of anilines is 2. The molecule has 0 saturated heterocycles. The van der Waals surface area contributed by atoms with Crippen LogP contribution in [0.5, 0.6) is 11.8 Å². The molecular weight excluding hydrogens is 352 g/mol. The van der Waals surface area contributed by atoms with Crippen LogP contribution in [0.2, 0.25) is 5.02 Å². The van der Waals surface area contributed by atoms with Gasteiger partial charge in [0.2, 0.25) is 0 Å². The van der Waals surface area contributed by atoms with Crippen molar-refractivity contribution >= 4 is 51.2 Å². The Labute approximate surface area is 151 Å². The van der Waals surface area contributed by atoms with Crippen LogP contribution in [0.4, 0.5) is 11.4 Å². The summed E-state index contributed by atoms with van der Waals surface area (Å²) in [6, 6.07) is 1.60. The number of hydrogen-bond acceptors (Lipinski definition) is 7. The summed E-state index contributed by atoms with van der Waals surface area (Å²) in [5.74, 6) is 0.485. The highest BCUT2D eigenvalue weighted by Gasteiger charge is 2.17. The number of methoxy groups -OCH3 is 3. The van der Waals surface area contributed by atoms with Gasteiger partial charge >= 0.3 is 0 Å². The number of aromatic nitrogens is 2. The molecule has 0 bridgehead atoms. The first-order chi connectivity index (χ1) is 11.5. The molecule has 24 heavy (non-hydrogen) atoms. The van der Waals surface area contributed by atoms with E-state index in [0.29, 0.717) is 32.4 Å². The zero-order valence-electron chi connectivity index (χ0n) is 14.3. The van der Waals surface area contributed by atoms with E-state index in [0.717, 1.165) is 0 Å². The summed E-state index contributed by atoms with van der Waals surface area (Å²) in [7, 11) is 4.49. The molecule has 2 rings (SSSR count). The lowest BCUT2D eigenvalue weighted by Gasteiger charge is -2.15. The fourth-order valence-corrected chi connectivity index (χ4v) is 2.26. The molecule has 0 atom stereocenters. The number of nitrogen functional groups attached to an aromatic ring is 1. The number of nitrogens with one attached hydrogen (secondary N) is 1. The first kappa shape index (κ1) is 20.1. The van der Waals surface area contributed by atoms with Crippen molar-refractivity contribution in [3.63, 3.8) is 0 Å². The van der Waals surface area contributed by atoms with Crippen LogP contribution in [-0.2, 0) is 4.74 Å². The minimum Gasteiger partial charge on any atom is -0.477 e. The average Bonchev–Trinajstić information content (AvgIpc) is 2.59. The van der Waals surface area contributed by atoms with E-state index in [1.165, 1.54) is 14.2 Å². The maximum absolute atomic E-state index is 6.14. The molecule has 3 N–H and O–H groups in total. The summed E-state index contributed by atoms with van der Waals surface area (Å²) in [4.78, 5) is 9.12. The van der Waals surface area contributed by atoms with Crippen molar-refractivity contribution in [2.75, 3.05) is 39.0 Å². The molecule has 0 saturated carbocycles. The highest BCUT2D eigenvalue weighted by atomic mass is 35.5. The Balaban J connectivity index is 0.00000139. The second-order valence-electron chi connectivity index (χ2n) is 4.24. The topological polar surface area (TPSA) is 91.5 Å². The lowest BCUT2D eigenvalue weighted by atomic mass is 10.2. The van der Waals surface area contributed by atoms with Crippen LogP contribution < -0.4 is 20.5 Å². The average molecular weight is 373 g/mol. The second-order valence-corrected chi connectivity index (χ2v) is 5.14. The summed E-state index contributed by atoms with van der Waals surface area (Å²) >= 11 is 11.3. The van der Waals surface area contributed by atoms with Crippen LogP contribution in [0.25, 0.3) is 11.0 Å². The van der Waals surface area contributed by atoms with E-state index >= 15 is 0 Å². The Morgan fingerprint density at radius 1 is 1.21 bits per heavy atom. The number of nitrogens with two attached hydrogens (primary N) is 1. The summed E-state index contributed by atoms with van der Waals surface area (Å²) in [6.45, 7) is 4.24. The molecule has 0 spiro atoms. The molecule has 0 aliphatic carbocycles. The molecule has 0 unspecified atom stereocenters. The maximum atomic E-state index is 6.14. The molecule has 0 fully saturated rings. The molecule has 132 valence electrons. The van der Waals surface area contributed by atoms with Gasteiger partial charge in [0, 0.05) is 7.11 Å². The van der Waals surface area contributed by atoms with E-state index in [1.54, 1.807) is 13.2 Å². The number of benzene rings is 1. The molecule has 0 aliphatic heterocycles. The zero-order chi connectivity index (χ0) is 18.3. The maximum Gasteiger partial charge on any atom is 0.278 e. The van der Waals surface area contributed by atoms with Gasteiger partial charge in [0.25, 0.3) is 11.8 Å². The first-order valence-corrected chi connectivity index (χ1v) is 7.96. The third-order valence-electron chi connectivity index (χ3n) is 2.81. The normalized spacial score (nSPS) is 9.92. The molecule has 9 heteroatoms. The number of hydrogen-bond donors (Lipinski definition) is 2. The lowest BCUT2D eigenvalue weighted by Crippen LogP contribution is -2.17. The smallest absolute Gasteiger partial charge is 0.278 e. The van der Waals surface area contributed by atoms with Crippen LogP contribution >= 0.6 is 23.8 Å². The Hall–Kier alpha value is -1.90. The minimum absolute atomic E-state index is 0.234. The van der Waals surface area contributed by atoms with Gasteiger partial charge in [-0.2, -0.15) is 0 Å². The third kappa shape index (κ3) is 4.34. The van der Waals surface area contributed by atoms with E-state index in [4.69, 9.17) is 43.8 Å². The van der Waals surface area contributed by atoms with Crippen molar-refractivity contribution in [2.24, 2.45) is 0 Å². The van der Waals surface area contributed by atoms with E-state index in [1.807, 2.05) is 13.8 Å². The van der Waals surface area contributed by atoms with Gasteiger partial charge in [0.15, 0.2) is 0 Å². The molecule has 7 nitrogen and oxygen atoms in total. The molecule has 2 aromatic rings. The van der Waals surface area contributed by atoms with Gasteiger partial charge in [-0.15, -0.1) is 0 Å². The molecule has 1 aromatic carbocycles. The molecule has 1 aromatic heterocycles. The Bertz CT molecular complexity index is 728. The van der Waals surface area contributed by atoms with Crippen LogP contribution in [-0.4, -0.2) is 42.9 Å². The van der Waals surface area contributed by atoms with E-state index in [9.17, 15) is 0 Å². The van der Waals surface area contributed by atoms with Gasteiger partial charge in [0.05, 0.1) is 42.7 Å². The first-order valence-electron chi connectivity index (χ1n) is 7.18. The fourth-order valence-electron chi connectivity index (χ4n) is 1.85. The van der Waals surface area contributed by atoms with Gasteiger partial charge in [0.1, 0.15) is 10.5 Å².